The van der Waals surface area contributed by atoms with Crippen LogP contribution in [0, 0.1) is 13.8 Å². The third kappa shape index (κ3) is 5.66. The van der Waals surface area contributed by atoms with Crippen LogP contribution in [0.4, 0.5) is 5.69 Å². The average molecular weight is 422 g/mol. The monoisotopic (exact) mass is 421 g/mol. The summed E-state index contributed by atoms with van der Waals surface area (Å²) in [5.41, 5.74) is 3.71. The Balaban J connectivity index is 2.04. The molecule has 2 aromatic carbocycles. The van der Waals surface area contributed by atoms with E-state index in [0.717, 1.165) is 33.2 Å². The van der Waals surface area contributed by atoms with Gasteiger partial charge in [0, 0.05) is 22.8 Å². The summed E-state index contributed by atoms with van der Waals surface area (Å²) >= 11 is 12.2. The molecule has 0 aliphatic carbocycles. The summed E-state index contributed by atoms with van der Waals surface area (Å²) in [4.78, 5) is 13.5. The molecule has 0 radical (unpaired) electrons. The van der Waals surface area contributed by atoms with Crippen molar-refractivity contribution in [2.75, 3.05) is 18.6 Å². The molecule has 0 heterocycles. The number of carboxylic acids is 1. The highest BCUT2D eigenvalue weighted by atomic mass is 35.5. The number of hydrogen-bond acceptors (Lipinski definition) is 3. The predicted molar refractivity (Wildman–Crippen MR) is 116 cm³/mol. The van der Waals surface area contributed by atoms with Crippen molar-refractivity contribution in [1.29, 1.82) is 0 Å². The van der Waals surface area contributed by atoms with Crippen LogP contribution in [0.5, 0.6) is 5.75 Å². The van der Waals surface area contributed by atoms with Crippen molar-refractivity contribution in [2.45, 2.75) is 33.6 Å². The molecule has 0 bridgehead atoms. The Morgan fingerprint density at radius 1 is 1.14 bits per heavy atom. The van der Waals surface area contributed by atoms with Gasteiger partial charge >= 0.3 is 5.97 Å². The summed E-state index contributed by atoms with van der Waals surface area (Å²) < 4.78 is 5.81. The molecule has 1 N–H and O–H groups in total. The van der Waals surface area contributed by atoms with Crippen LogP contribution >= 0.6 is 23.2 Å². The number of benzene rings is 2. The lowest BCUT2D eigenvalue weighted by Gasteiger charge is -2.22. The first kappa shape index (κ1) is 22.1. The predicted octanol–water partition coefficient (Wildman–Crippen LogP) is 6.26. The van der Waals surface area contributed by atoms with E-state index < -0.39 is 5.97 Å². The summed E-state index contributed by atoms with van der Waals surface area (Å²) in [7, 11) is 1.73. The number of carboxylic acid groups (broad SMARTS) is 1. The lowest BCUT2D eigenvalue weighted by atomic mass is 10.1. The zero-order valence-corrected chi connectivity index (χ0v) is 18.1. The molecule has 0 spiro atoms. The molecule has 0 amide bonds. The zero-order valence-electron chi connectivity index (χ0n) is 16.6. The highest BCUT2D eigenvalue weighted by molar-refractivity contribution is 6.32. The Kier molecular flexibility index (Phi) is 7.78. The molecule has 0 aliphatic rings. The summed E-state index contributed by atoms with van der Waals surface area (Å²) in [6.07, 6.45) is 1.31. The molecule has 2 aromatic rings. The normalized spacial score (nSPS) is 11.8. The van der Waals surface area contributed by atoms with Gasteiger partial charge in [-0.1, -0.05) is 29.3 Å². The van der Waals surface area contributed by atoms with Crippen LogP contribution in [0.1, 0.15) is 30.9 Å². The smallest absolute Gasteiger partial charge is 0.352 e. The second-order valence-electron chi connectivity index (χ2n) is 6.80. The number of allylic oxidation sites excluding steroid dienone is 1. The first-order chi connectivity index (χ1) is 13.2. The molecular weight excluding hydrogens is 397 g/mol. The van der Waals surface area contributed by atoms with E-state index in [1.165, 1.54) is 0 Å². The van der Waals surface area contributed by atoms with Crippen molar-refractivity contribution in [2.24, 2.45) is 0 Å². The van der Waals surface area contributed by atoms with E-state index in [9.17, 15) is 9.90 Å². The van der Waals surface area contributed by atoms with Gasteiger partial charge in [-0.05, 0) is 80.6 Å². The second-order valence-corrected chi connectivity index (χ2v) is 7.61. The quantitative estimate of drug-likeness (QED) is 0.403. The second kappa shape index (κ2) is 9.85. The van der Waals surface area contributed by atoms with Gasteiger partial charge in [0.05, 0.1) is 6.61 Å². The number of nitrogens with zero attached hydrogens (tertiary/aromatic N) is 1. The maximum Gasteiger partial charge on any atom is 0.352 e. The van der Waals surface area contributed by atoms with E-state index in [-0.39, 0.29) is 5.70 Å². The Morgan fingerprint density at radius 3 is 2.36 bits per heavy atom. The van der Waals surface area contributed by atoms with Crippen molar-refractivity contribution in [3.8, 4) is 5.75 Å². The number of ether oxygens (including phenoxy) is 1. The van der Waals surface area contributed by atoms with E-state index in [2.05, 4.69) is 0 Å². The fraction of sp³-hybridized carbons (Fsp3) is 0.318. The van der Waals surface area contributed by atoms with Crippen LogP contribution in [0.3, 0.4) is 0 Å². The number of rotatable bonds is 8. The molecule has 0 aromatic heterocycles. The third-order valence-electron chi connectivity index (χ3n) is 4.51. The molecule has 4 nitrogen and oxygen atoms in total. The number of aliphatic carboxylic acids is 1. The van der Waals surface area contributed by atoms with Gasteiger partial charge < -0.3 is 14.7 Å². The van der Waals surface area contributed by atoms with Crippen LogP contribution in [0.25, 0.3) is 0 Å². The molecule has 150 valence electrons. The third-order valence-corrected chi connectivity index (χ3v) is 5.34. The van der Waals surface area contributed by atoms with E-state index in [1.54, 1.807) is 30.1 Å². The molecule has 6 heteroatoms. The summed E-state index contributed by atoms with van der Waals surface area (Å²) in [5, 5.41) is 11.0. The van der Waals surface area contributed by atoms with Crippen molar-refractivity contribution >= 4 is 34.9 Å². The Hall–Kier alpha value is -2.17. The van der Waals surface area contributed by atoms with Crippen LogP contribution in [0.15, 0.2) is 47.7 Å². The van der Waals surface area contributed by atoms with Crippen LogP contribution < -0.4 is 9.64 Å². The Bertz CT molecular complexity index is 870. The molecule has 2 rings (SSSR count). The van der Waals surface area contributed by atoms with Crippen molar-refractivity contribution < 1.29 is 14.6 Å². The minimum absolute atomic E-state index is 0.250. The number of aryl methyl sites for hydroxylation is 2. The van der Waals surface area contributed by atoms with Gasteiger partial charge in [-0.2, -0.15) is 0 Å². The van der Waals surface area contributed by atoms with E-state index in [0.29, 0.717) is 24.5 Å². The zero-order chi connectivity index (χ0) is 20.8. The maximum absolute atomic E-state index is 11.8. The molecule has 0 atom stereocenters. The molecule has 0 saturated carbocycles. The Labute approximate surface area is 176 Å². The number of halogens is 2. The highest BCUT2D eigenvalue weighted by Gasteiger charge is 2.18. The lowest BCUT2D eigenvalue weighted by Crippen LogP contribution is -2.24. The topological polar surface area (TPSA) is 49.8 Å². The van der Waals surface area contributed by atoms with E-state index in [1.807, 2.05) is 39.0 Å². The van der Waals surface area contributed by atoms with Gasteiger partial charge in [0.25, 0.3) is 0 Å². The fourth-order valence-corrected chi connectivity index (χ4v) is 3.36. The minimum Gasteiger partial charge on any atom is -0.494 e. The molecule has 0 unspecified atom stereocenters. The molecule has 0 saturated heterocycles. The number of anilines is 1. The van der Waals surface area contributed by atoms with Crippen molar-refractivity contribution in [1.82, 2.24) is 0 Å². The molecular formula is C22H25Cl2NO3. The van der Waals surface area contributed by atoms with Gasteiger partial charge in [0.2, 0.25) is 0 Å². The van der Waals surface area contributed by atoms with Crippen molar-refractivity contribution in [3.63, 3.8) is 0 Å². The van der Waals surface area contributed by atoms with Crippen LogP contribution in [0.2, 0.25) is 10.0 Å². The largest absolute Gasteiger partial charge is 0.494 e. The summed E-state index contributed by atoms with van der Waals surface area (Å²) in [6.45, 7) is 6.21. The first-order valence-corrected chi connectivity index (χ1v) is 9.78. The SMILES string of the molecule is C/C(CCCOc1cc(C)c(Cl)c(C)c1)=C(/C(=O)O)N(C)c1cccc(Cl)c1. The molecule has 0 aliphatic heterocycles. The van der Waals surface area contributed by atoms with Crippen LogP contribution in [-0.4, -0.2) is 24.7 Å². The van der Waals surface area contributed by atoms with Gasteiger partial charge in [-0.3, -0.25) is 0 Å². The maximum atomic E-state index is 11.8. The highest BCUT2D eigenvalue weighted by Crippen LogP contribution is 2.27. The van der Waals surface area contributed by atoms with Crippen LogP contribution in [-0.2, 0) is 4.79 Å². The Morgan fingerprint density at radius 2 is 1.79 bits per heavy atom. The van der Waals surface area contributed by atoms with Gasteiger partial charge in [0.15, 0.2) is 0 Å². The van der Waals surface area contributed by atoms with Gasteiger partial charge in [-0.15, -0.1) is 0 Å². The number of likely N-dealkylation sites (N-methyl/N-ethyl adjacent to an activating group) is 1. The molecule has 28 heavy (non-hydrogen) atoms. The number of carbonyl (C=O) groups is 1. The van der Waals surface area contributed by atoms with Crippen molar-refractivity contribution in [3.05, 3.63) is 68.8 Å². The van der Waals surface area contributed by atoms with Gasteiger partial charge in [-0.25, -0.2) is 4.79 Å². The lowest BCUT2D eigenvalue weighted by molar-refractivity contribution is -0.132. The van der Waals surface area contributed by atoms with E-state index in [4.69, 9.17) is 27.9 Å². The minimum atomic E-state index is -0.968. The first-order valence-electron chi connectivity index (χ1n) is 9.02. The van der Waals surface area contributed by atoms with E-state index >= 15 is 0 Å². The summed E-state index contributed by atoms with van der Waals surface area (Å²) in [6, 6.07) is 10.9. The number of hydrogen-bond donors (Lipinski definition) is 1. The molecule has 0 fully saturated rings. The van der Waals surface area contributed by atoms with Gasteiger partial charge in [0.1, 0.15) is 11.4 Å². The fourth-order valence-electron chi connectivity index (χ4n) is 3.06. The summed E-state index contributed by atoms with van der Waals surface area (Å²) in [5.74, 6) is -0.194. The average Bonchev–Trinajstić information content (AvgIpc) is 2.63. The standard InChI is InChI=1S/C22H25Cl2NO3/c1-14(7-6-10-28-19-11-15(2)20(24)16(3)12-19)21(22(26)27)25(4)18-9-5-8-17(23)13-18/h5,8-9,11-13H,6-7,10H2,1-4H3,(H,26,27)/b21-14+.